The summed E-state index contributed by atoms with van der Waals surface area (Å²) in [6.07, 6.45) is 6.96. The first kappa shape index (κ1) is 11.2. The molecular weight excluding hydrogens is 182 g/mol. The third kappa shape index (κ3) is 3.77. The van der Waals surface area contributed by atoms with Crippen LogP contribution in [0.1, 0.15) is 45.4 Å². The summed E-state index contributed by atoms with van der Waals surface area (Å²) >= 11 is 0. The van der Waals surface area contributed by atoms with E-state index >= 15 is 0 Å². The van der Waals surface area contributed by atoms with Crippen molar-refractivity contribution in [3.05, 3.63) is 0 Å². The summed E-state index contributed by atoms with van der Waals surface area (Å²) in [5, 5.41) is 0.461. The van der Waals surface area contributed by atoms with Crippen LogP contribution in [0, 0.1) is 0 Å². The number of nitrogens with two attached hydrogens (primary N) is 1. The Labute approximate surface area is 83.7 Å². The first-order valence-corrected chi connectivity index (χ1v) is 6.75. The van der Waals surface area contributed by atoms with Crippen molar-refractivity contribution in [1.82, 2.24) is 0 Å². The Morgan fingerprint density at radius 2 is 2.08 bits per heavy atom. The van der Waals surface area contributed by atoms with Gasteiger partial charge in [0.15, 0.2) is 0 Å². The fourth-order valence-electron chi connectivity index (χ4n) is 1.95. The Bertz CT molecular complexity index is 166. The average Bonchev–Trinajstić information content (AvgIpc) is 2.55. The minimum absolute atomic E-state index is 0.159. The van der Waals surface area contributed by atoms with Gasteiger partial charge in [-0.2, -0.15) is 0 Å². The lowest BCUT2D eigenvalue weighted by molar-refractivity contribution is 0.629. The van der Waals surface area contributed by atoms with Crippen LogP contribution in [-0.2, 0) is 10.8 Å². The van der Waals surface area contributed by atoms with Gasteiger partial charge in [0.05, 0.1) is 0 Å². The fraction of sp³-hybridized carbons (Fsp3) is 1.00. The van der Waals surface area contributed by atoms with Gasteiger partial charge >= 0.3 is 0 Å². The van der Waals surface area contributed by atoms with Crippen LogP contribution in [0.25, 0.3) is 0 Å². The van der Waals surface area contributed by atoms with Crippen molar-refractivity contribution in [2.45, 2.75) is 56.7 Å². The summed E-state index contributed by atoms with van der Waals surface area (Å²) in [7, 11) is -0.652. The van der Waals surface area contributed by atoms with Crippen molar-refractivity contribution < 1.29 is 4.21 Å². The van der Waals surface area contributed by atoms with Gasteiger partial charge in [-0.15, -0.1) is 0 Å². The predicted molar refractivity (Wildman–Crippen MR) is 58.1 cm³/mol. The lowest BCUT2D eigenvalue weighted by Crippen LogP contribution is -2.30. The molecule has 0 aromatic heterocycles. The highest BCUT2D eigenvalue weighted by Crippen LogP contribution is 2.23. The second-order valence-corrected chi connectivity index (χ2v) is 5.76. The van der Waals surface area contributed by atoms with E-state index in [1.165, 1.54) is 12.8 Å². The predicted octanol–water partition coefficient (Wildman–Crippen LogP) is 1.81. The lowest BCUT2D eigenvalue weighted by atomic mass is 10.2. The maximum Gasteiger partial charge on any atom is 0.0389 e. The van der Waals surface area contributed by atoms with Crippen LogP contribution >= 0.6 is 0 Å². The monoisotopic (exact) mass is 203 g/mol. The molecule has 0 aromatic rings. The second-order valence-electron chi connectivity index (χ2n) is 4.00. The molecule has 13 heavy (non-hydrogen) atoms. The van der Waals surface area contributed by atoms with Gasteiger partial charge in [0.1, 0.15) is 0 Å². The van der Waals surface area contributed by atoms with E-state index in [-0.39, 0.29) is 6.04 Å². The molecule has 1 rings (SSSR count). The van der Waals surface area contributed by atoms with Crippen molar-refractivity contribution in [3.8, 4) is 0 Å². The number of hydrogen-bond donors (Lipinski definition) is 1. The third-order valence-electron chi connectivity index (χ3n) is 2.71. The molecule has 2 nitrogen and oxygen atoms in total. The second kappa shape index (κ2) is 5.76. The Kier molecular flexibility index (Phi) is 4.96. The SMILES string of the molecule is CCCC(N)CS(=O)C1CCCC1. The molecule has 2 unspecified atom stereocenters. The first-order valence-electron chi connectivity index (χ1n) is 5.36. The van der Waals surface area contributed by atoms with Crippen molar-refractivity contribution >= 4 is 10.8 Å². The van der Waals surface area contributed by atoms with Crippen LogP contribution in [0.3, 0.4) is 0 Å². The smallest absolute Gasteiger partial charge is 0.0389 e. The van der Waals surface area contributed by atoms with E-state index in [0.29, 0.717) is 5.25 Å². The van der Waals surface area contributed by atoms with Crippen molar-refractivity contribution in [2.24, 2.45) is 5.73 Å². The Balaban J connectivity index is 2.23. The van der Waals surface area contributed by atoms with Gasteiger partial charge in [0, 0.05) is 27.8 Å². The Morgan fingerprint density at radius 3 is 2.62 bits per heavy atom. The van der Waals surface area contributed by atoms with E-state index in [1.807, 2.05) is 0 Å². The molecule has 0 aliphatic heterocycles. The van der Waals surface area contributed by atoms with Gasteiger partial charge in [-0.1, -0.05) is 26.2 Å². The molecule has 2 atom stereocenters. The van der Waals surface area contributed by atoms with Gasteiger partial charge < -0.3 is 5.73 Å². The van der Waals surface area contributed by atoms with E-state index in [2.05, 4.69) is 6.92 Å². The highest BCUT2D eigenvalue weighted by molar-refractivity contribution is 7.85. The van der Waals surface area contributed by atoms with Crippen LogP contribution in [0.2, 0.25) is 0 Å². The van der Waals surface area contributed by atoms with Crippen molar-refractivity contribution in [3.63, 3.8) is 0 Å². The van der Waals surface area contributed by atoms with Gasteiger partial charge in [0.25, 0.3) is 0 Å². The van der Waals surface area contributed by atoms with E-state index in [4.69, 9.17) is 5.73 Å². The minimum Gasteiger partial charge on any atom is -0.327 e. The maximum absolute atomic E-state index is 11.8. The minimum atomic E-state index is -0.652. The molecule has 1 aliphatic rings. The average molecular weight is 203 g/mol. The van der Waals surface area contributed by atoms with Crippen LogP contribution in [-0.4, -0.2) is 21.3 Å². The van der Waals surface area contributed by atoms with Crippen molar-refractivity contribution in [2.75, 3.05) is 5.75 Å². The molecule has 3 heteroatoms. The fourth-order valence-corrected chi connectivity index (χ4v) is 3.67. The summed E-state index contributed by atoms with van der Waals surface area (Å²) in [6, 6.07) is 0.159. The molecule has 0 aromatic carbocycles. The zero-order chi connectivity index (χ0) is 9.68. The normalized spacial score (nSPS) is 23.2. The first-order chi connectivity index (χ1) is 6.24. The highest BCUT2D eigenvalue weighted by atomic mass is 32.2. The zero-order valence-corrected chi connectivity index (χ0v) is 9.31. The van der Waals surface area contributed by atoms with Gasteiger partial charge in [-0.3, -0.25) is 4.21 Å². The summed E-state index contributed by atoms with van der Waals surface area (Å²) < 4.78 is 11.8. The quantitative estimate of drug-likeness (QED) is 0.740. The number of rotatable bonds is 5. The third-order valence-corrected chi connectivity index (χ3v) is 4.68. The van der Waals surface area contributed by atoms with Gasteiger partial charge in [-0.05, 0) is 19.3 Å². The molecule has 0 radical (unpaired) electrons. The highest BCUT2D eigenvalue weighted by Gasteiger charge is 2.22. The molecule has 0 saturated heterocycles. The molecule has 0 spiro atoms. The summed E-state index contributed by atoms with van der Waals surface area (Å²) in [5.74, 6) is 0.721. The summed E-state index contributed by atoms with van der Waals surface area (Å²) in [5.41, 5.74) is 5.86. The summed E-state index contributed by atoms with van der Waals surface area (Å²) in [4.78, 5) is 0. The molecule has 2 N–H and O–H groups in total. The van der Waals surface area contributed by atoms with Crippen LogP contribution in [0.5, 0.6) is 0 Å². The summed E-state index contributed by atoms with van der Waals surface area (Å²) in [6.45, 7) is 2.12. The molecule has 1 aliphatic carbocycles. The maximum atomic E-state index is 11.8. The van der Waals surface area contributed by atoms with E-state index in [9.17, 15) is 4.21 Å². The van der Waals surface area contributed by atoms with Crippen LogP contribution in [0.4, 0.5) is 0 Å². The standard InChI is InChI=1S/C10H21NOS/c1-2-5-9(11)8-13(12)10-6-3-4-7-10/h9-10H,2-8,11H2,1H3. The largest absolute Gasteiger partial charge is 0.327 e. The zero-order valence-electron chi connectivity index (χ0n) is 8.50. The van der Waals surface area contributed by atoms with Gasteiger partial charge in [0.2, 0.25) is 0 Å². The van der Waals surface area contributed by atoms with Crippen LogP contribution < -0.4 is 5.73 Å². The Morgan fingerprint density at radius 1 is 1.46 bits per heavy atom. The van der Waals surface area contributed by atoms with Gasteiger partial charge in [-0.25, -0.2) is 0 Å². The topological polar surface area (TPSA) is 43.1 Å². The molecule has 0 bridgehead atoms. The number of hydrogen-bond acceptors (Lipinski definition) is 2. The molecule has 1 fully saturated rings. The van der Waals surface area contributed by atoms with E-state index in [0.717, 1.165) is 31.4 Å². The van der Waals surface area contributed by atoms with Crippen LogP contribution in [0.15, 0.2) is 0 Å². The Hall–Kier alpha value is 0.110. The van der Waals surface area contributed by atoms with E-state index in [1.54, 1.807) is 0 Å². The van der Waals surface area contributed by atoms with E-state index < -0.39 is 10.8 Å². The molecule has 78 valence electrons. The molecule has 0 heterocycles. The van der Waals surface area contributed by atoms with Crippen molar-refractivity contribution in [1.29, 1.82) is 0 Å². The molecule has 0 amide bonds. The molecule has 1 saturated carbocycles. The lowest BCUT2D eigenvalue weighted by Gasteiger charge is -2.13. The molecular formula is C10H21NOS.